The number of halogens is 1. The van der Waals surface area contributed by atoms with Crippen LogP contribution in [-0.4, -0.2) is 49.2 Å². The highest BCUT2D eigenvalue weighted by atomic mass is 19.1. The fourth-order valence-corrected chi connectivity index (χ4v) is 4.18. The van der Waals surface area contributed by atoms with Gasteiger partial charge in [-0.2, -0.15) is 0 Å². The fourth-order valence-electron chi connectivity index (χ4n) is 4.18. The van der Waals surface area contributed by atoms with Crippen molar-refractivity contribution < 1.29 is 18.7 Å². The molecule has 4 rings (SSSR count). The van der Waals surface area contributed by atoms with Gasteiger partial charge in [-0.05, 0) is 44.7 Å². The van der Waals surface area contributed by atoms with Crippen LogP contribution < -0.4 is 19.3 Å². The van der Waals surface area contributed by atoms with Gasteiger partial charge in [0.2, 0.25) is 5.91 Å². The van der Waals surface area contributed by atoms with Crippen molar-refractivity contribution in [2.24, 2.45) is 5.92 Å². The van der Waals surface area contributed by atoms with Crippen LogP contribution in [0.5, 0.6) is 11.5 Å². The Hall–Kier alpha value is -2.90. The Morgan fingerprint density at radius 3 is 2.67 bits per heavy atom. The van der Waals surface area contributed by atoms with Crippen molar-refractivity contribution in [3.8, 4) is 11.5 Å². The first-order valence-corrected chi connectivity index (χ1v) is 10.2. The monoisotopic (exact) mass is 414 g/mol. The van der Waals surface area contributed by atoms with Crippen molar-refractivity contribution in [3.05, 3.63) is 35.5 Å². The molecule has 0 saturated heterocycles. The van der Waals surface area contributed by atoms with E-state index in [9.17, 15) is 9.18 Å². The van der Waals surface area contributed by atoms with Crippen LogP contribution in [0.3, 0.4) is 0 Å². The highest BCUT2D eigenvalue weighted by Crippen LogP contribution is 2.38. The van der Waals surface area contributed by atoms with Gasteiger partial charge in [-0.25, -0.2) is 14.4 Å². The Morgan fingerprint density at radius 1 is 1.23 bits per heavy atom. The number of benzene rings is 1. The third-order valence-corrected chi connectivity index (χ3v) is 6.11. The molecule has 0 bridgehead atoms. The van der Waals surface area contributed by atoms with Gasteiger partial charge in [0.15, 0.2) is 17.4 Å². The number of aryl methyl sites for hydroxylation is 1. The van der Waals surface area contributed by atoms with Crippen LogP contribution in [0.25, 0.3) is 0 Å². The molecule has 2 aliphatic rings. The van der Waals surface area contributed by atoms with Crippen LogP contribution >= 0.6 is 0 Å². The minimum absolute atomic E-state index is 0.0425. The average Bonchev–Trinajstić information content (AvgIpc) is 2.69. The minimum Gasteiger partial charge on any atom is -0.494 e. The van der Waals surface area contributed by atoms with Crippen molar-refractivity contribution in [3.63, 3.8) is 0 Å². The van der Waals surface area contributed by atoms with Gasteiger partial charge in [0.25, 0.3) is 0 Å². The lowest BCUT2D eigenvalue weighted by Crippen LogP contribution is -2.50. The van der Waals surface area contributed by atoms with E-state index in [0.717, 1.165) is 42.3 Å². The van der Waals surface area contributed by atoms with Gasteiger partial charge in [-0.1, -0.05) is 0 Å². The summed E-state index contributed by atoms with van der Waals surface area (Å²) in [5, 5.41) is 0. The van der Waals surface area contributed by atoms with Gasteiger partial charge in [0, 0.05) is 26.6 Å². The van der Waals surface area contributed by atoms with E-state index in [-0.39, 0.29) is 23.8 Å². The largest absolute Gasteiger partial charge is 0.494 e. The van der Waals surface area contributed by atoms with E-state index in [2.05, 4.69) is 4.98 Å². The molecule has 1 saturated carbocycles. The first-order valence-electron chi connectivity index (χ1n) is 10.2. The number of rotatable bonds is 5. The van der Waals surface area contributed by atoms with Gasteiger partial charge >= 0.3 is 0 Å². The molecule has 30 heavy (non-hydrogen) atoms. The topological polar surface area (TPSA) is 67.8 Å². The van der Waals surface area contributed by atoms with E-state index in [1.807, 2.05) is 25.8 Å². The maximum Gasteiger partial charge on any atom is 0.249 e. The number of nitrogens with zero attached hydrogens (tertiary/aromatic N) is 4. The average molecular weight is 414 g/mol. The van der Waals surface area contributed by atoms with E-state index < -0.39 is 5.82 Å². The van der Waals surface area contributed by atoms with Gasteiger partial charge in [-0.3, -0.25) is 4.79 Å². The maximum atomic E-state index is 13.5. The quantitative estimate of drug-likeness (QED) is 0.749. The molecule has 0 unspecified atom stereocenters. The molecule has 1 aliphatic carbocycles. The molecular formula is C22H27FN4O3. The van der Waals surface area contributed by atoms with Crippen LogP contribution in [0, 0.1) is 18.7 Å². The van der Waals surface area contributed by atoms with Crippen molar-refractivity contribution >= 4 is 17.4 Å². The molecule has 1 amide bonds. The van der Waals surface area contributed by atoms with E-state index in [0.29, 0.717) is 11.7 Å². The summed E-state index contributed by atoms with van der Waals surface area (Å²) in [6.07, 6.45) is 2.64. The number of anilines is 2. The number of carbonyl (C=O) groups excluding carboxylic acids is 1. The molecule has 2 aromatic rings. The van der Waals surface area contributed by atoms with Crippen molar-refractivity contribution in [1.82, 2.24) is 9.97 Å². The summed E-state index contributed by atoms with van der Waals surface area (Å²) in [4.78, 5) is 25.4. The second kappa shape index (κ2) is 7.74. The predicted octanol–water partition coefficient (Wildman–Crippen LogP) is 3.13. The molecule has 0 radical (unpaired) electrons. The Kier molecular flexibility index (Phi) is 5.26. The lowest BCUT2D eigenvalue weighted by molar-refractivity contribution is -0.119. The number of amides is 1. The molecule has 0 N–H and O–H groups in total. The Balaban J connectivity index is 1.41. The molecule has 1 fully saturated rings. The molecule has 1 atom stereocenters. The number of ether oxygens (including phenoxy) is 2. The van der Waals surface area contributed by atoms with Crippen LogP contribution in [-0.2, 0) is 11.2 Å². The summed E-state index contributed by atoms with van der Waals surface area (Å²) in [5.41, 5.74) is 1.60. The Bertz CT molecular complexity index is 977. The van der Waals surface area contributed by atoms with Crippen LogP contribution in [0.1, 0.15) is 31.3 Å². The molecule has 8 heteroatoms. The summed E-state index contributed by atoms with van der Waals surface area (Å²) in [7, 11) is 5.11. The van der Waals surface area contributed by atoms with Gasteiger partial charge < -0.3 is 19.3 Å². The third-order valence-electron chi connectivity index (χ3n) is 6.11. The lowest BCUT2D eigenvalue weighted by atomic mass is 9.80. The van der Waals surface area contributed by atoms with E-state index in [1.54, 1.807) is 24.1 Å². The molecule has 0 spiro atoms. The molecule has 7 nitrogen and oxygen atoms in total. The van der Waals surface area contributed by atoms with Gasteiger partial charge in [-0.15, -0.1) is 0 Å². The number of fused-ring (bicyclic) bond motifs is 1. The second-order valence-electron chi connectivity index (χ2n) is 8.16. The molecule has 160 valence electrons. The number of likely N-dealkylation sites (N-methyl/N-ethyl adjacent to an activating group) is 2. The first-order chi connectivity index (χ1) is 14.3. The molecule has 1 aromatic carbocycles. The van der Waals surface area contributed by atoms with Crippen LogP contribution in [0.15, 0.2) is 18.2 Å². The normalized spacial score (nSPS) is 23.1. The maximum absolute atomic E-state index is 13.5. The van der Waals surface area contributed by atoms with Gasteiger partial charge in [0.05, 0.1) is 18.9 Å². The number of hydrogen-bond donors (Lipinski definition) is 0. The number of methoxy groups -OCH3 is 1. The SMILES string of the molecule is COc1cc(OC2CC(Cc3nc(C)c4c(n3)N(C)[C@@H](C)C(=O)N4C)C2)ccc1F. The summed E-state index contributed by atoms with van der Waals surface area (Å²) in [5.74, 6) is 2.46. The Morgan fingerprint density at radius 2 is 1.97 bits per heavy atom. The van der Waals surface area contributed by atoms with E-state index >= 15 is 0 Å². The smallest absolute Gasteiger partial charge is 0.249 e. The number of carbonyl (C=O) groups is 1. The number of aromatic nitrogens is 2. The molecule has 2 heterocycles. The standard InChI is InChI=1S/C22H27FN4O3/c1-12-20-21(26(3)13(2)22(28)27(20)4)25-19(24-12)10-14-8-16(9-14)30-15-6-7-17(23)18(11-15)29-5/h6-7,11,13-14,16H,8-10H2,1-5H3/t13-,14?,16?/m0/s1. The summed E-state index contributed by atoms with van der Waals surface area (Å²) >= 11 is 0. The van der Waals surface area contributed by atoms with E-state index in [4.69, 9.17) is 14.5 Å². The Labute approximate surface area is 175 Å². The van der Waals surface area contributed by atoms with Crippen molar-refractivity contribution in [2.75, 3.05) is 31.0 Å². The van der Waals surface area contributed by atoms with E-state index in [1.165, 1.54) is 13.2 Å². The zero-order chi connectivity index (χ0) is 21.6. The van der Waals surface area contributed by atoms with Gasteiger partial charge in [0.1, 0.15) is 23.3 Å². The first kappa shape index (κ1) is 20.4. The highest BCUT2D eigenvalue weighted by molar-refractivity contribution is 6.04. The summed E-state index contributed by atoms with van der Waals surface area (Å²) in [6.45, 7) is 3.81. The molecule has 1 aliphatic heterocycles. The van der Waals surface area contributed by atoms with Crippen molar-refractivity contribution in [1.29, 1.82) is 0 Å². The fraction of sp³-hybridized carbons (Fsp3) is 0.500. The lowest BCUT2D eigenvalue weighted by Gasteiger charge is -2.38. The van der Waals surface area contributed by atoms with Crippen LogP contribution in [0.2, 0.25) is 0 Å². The van der Waals surface area contributed by atoms with Crippen molar-refractivity contribution in [2.45, 2.75) is 45.3 Å². The predicted molar refractivity (Wildman–Crippen MR) is 112 cm³/mol. The highest BCUT2D eigenvalue weighted by Gasteiger charge is 2.36. The molecule has 1 aromatic heterocycles. The second-order valence-corrected chi connectivity index (χ2v) is 8.16. The number of hydrogen-bond acceptors (Lipinski definition) is 6. The zero-order valence-electron chi connectivity index (χ0n) is 18.0. The summed E-state index contributed by atoms with van der Waals surface area (Å²) < 4.78 is 24.5. The third kappa shape index (κ3) is 3.55. The summed E-state index contributed by atoms with van der Waals surface area (Å²) in [6, 6.07) is 4.30. The van der Waals surface area contributed by atoms with Crippen LogP contribution in [0.4, 0.5) is 15.9 Å². The minimum atomic E-state index is -0.400. The molecular weight excluding hydrogens is 387 g/mol. The zero-order valence-corrected chi connectivity index (χ0v) is 18.0.